The summed E-state index contributed by atoms with van der Waals surface area (Å²) in [7, 11) is 0. The third-order valence-electron chi connectivity index (χ3n) is 6.37. The van der Waals surface area contributed by atoms with Gasteiger partial charge in [0.2, 0.25) is 0 Å². The van der Waals surface area contributed by atoms with Gasteiger partial charge < -0.3 is 0 Å². The molecular weight excluding hydrogens is 527 g/mol. The van der Waals surface area contributed by atoms with E-state index < -0.39 is 0 Å². The summed E-state index contributed by atoms with van der Waals surface area (Å²) >= 11 is 0. The number of nitrogens with zero attached hydrogens (tertiary/aromatic N) is 6. The highest BCUT2D eigenvalue weighted by molar-refractivity contribution is 5.34. The number of hydrogen-bond donors (Lipinski definition) is 0. The van der Waals surface area contributed by atoms with Gasteiger partial charge >= 0.3 is 0 Å². The summed E-state index contributed by atoms with van der Waals surface area (Å²) in [5, 5.41) is 0. The van der Waals surface area contributed by atoms with E-state index >= 15 is 0 Å². The van der Waals surface area contributed by atoms with E-state index in [1.54, 1.807) is 36.9 Å². The Morgan fingerprint density at radius 1 is 0.500 bits per heavy atom. The molecule has 216 valence electrons. The smallest absolute Gasteiger partial charge is 0.172 e. The Hall–Kier alpha value is -4.53. The molecule has 0 saturated heterocycles. The Morgan fingerprint density at radius 2 is 0.833 bits per heavy atom. The predicted octanol–water partition coefficient (Wildman–Crippen LogP) is 6.96. The van der Waals surface area contributed by atoms with E-state index in [0.29, 0.717) is 39.3 Å². The van der Waals surface area contributed by atoms with Gasteiger partial charge in [0, 0.05) is 68.6 Å². The summed E-state index contributed by atoms with van der Waals surface area (Å²) in [6, 6.07) is 29.2. The monoisotopic (exact) mass is 564 g/mol. The van der Waals surface area contributed by atoms with E-state index in [1.807, 2.05) is 86.6 Å². The van der Waals surface area contributed by atoms with E-state index in [1.165, 1.54) is 0 Å². The third-order valence-corrected chi connectivity index (χ3v) is 6.37. The van der Waals surface area contributed by atoms with Gasteiger partial charge in [0.25, 0.3) is 0 Å². The Kier molecular flexibility index (Phi) is 12.1. The minimum Gasteiger partial charge on any atom is -0.294 e. The molecule has 1 aromatic carbocycles. The Labute approximate surface area is 247 Å². The topological polar surface area (TPSA) is 67.3 Å². The van der Waals surface area contributed by atoms with Crippen LogP contribution < -0.4 is 4.94 Å². The molecule has 42 heavy (non-hydrogen) atoms. The number of aromatic nitrogens is 4. The van der Waals surface area contributed by atoms with Crippen LogP contribution in [0.25, 0.3) is 0 Å². The van der Waals surface area contributed by atoms with Crippen LogP contribution in [0.3, 0.4) is 0 Å². The molecule has 0 atom stereocenters. The molecule has 5 rings (SSSR count). The zero-order chi connectivity index (χ0) is 29.4. The molecule has 0 saturated carbocycles. The predicted molar refractivity (Wildman–Crippen MR) is 162 cm³/mol. The van der Waals surface area contributed by atoms with E-state index in [9.17, 15) is 4.53 Å². The van der Waals surface area contributed by atoms with Crippen molar-refractivity contribution in [3.63, 3.8) is 0 Å². The van der Waals surface area contributed by atoms with Crippen molar-refractivity contribution < 1.29 is 9.47 Å². The molecule has 0 amide bonds. The second kappa shape index (κ2) is 16.7. The van der Waals surface area contributed by atoms with Crippen LogP contribution in [-0.2, 0) is 39.3 Å². The Bertz CT molecular complexity index is 1250. The fourth-order valence-corrected chi connectivity index (χ4v) is 4.69. The van der Waals surface area contributed by atoms with Crippen LogP contribution >= 0.6 is 0 Å². The third kappa shape index (κ3) is 9.83. The van der Waals surface area contributed by atoms with Gasteiger partial charge in [-0.15, -0.1) is 0 Å². The summed E-state index contributed by atoms with van der Waals surface area (Å²) in [5.41, 5.74) is 5.68. The van der Waals surface area contributed by atoms with Gasteiger partial charge in [0.05, 0.1) is 22.8 Å². The summed E-state index contributed by atoms with van der Waals surface area (Å²) in [6.45, 7) is 7.63. The largest absolute Gasteiger partial charge is 0.294 e. The molecule has 8 heteroatoms. The first-order chi connectivity index (χ1) is 20.7. The molecule has 0 aliphatic heterocycles. The van der Waals surface area contributed by atoms with Gasteiger partial charge in [-0.3, -0.25) is 34.7 Å². The zero-order valence-corrected chi connectivity index (χ0v) is 24.2. The fourth-order valence-electron chi connectivity index (χ4n) is 4.69. The number of benzene rings is 1. The summed E-state index contributed by atoms with van der Waals surface area (Å²) in [5.74, 6) is 0.179. The van der Waals surface area contributed by atoms with Crippen LogP contribution in [-0.4, -0.2) is 29.7 Å². The van der Waals surface area contributed by atoms with Crippen molar-refractivity contribution >= 4 is 0 Å². The summed E-state index contributed by atoms with van der Waals surface area (Å²) in [4.78, 5) is 26.8. The van der Waals surface area contributed by atoms with Gasteiger partial charge in [-0.2, -0.15) is 0 Å². The lowest BCUT2D eigenvalue weighted by Gasteiger charge is -2.24. The van der Waals surface area contributed by atoms with Crippen molar-refractivity contribution in [1.29, 1.82) is 0 Å². The highest BCUT2D eigenvalue weighted by Crippen LogP contribution is 2.23. The molecule has 0 bridgehead atoms. The van der Waals surface area contributed by atoms with E-state index in [4.69, 9.17) is 0 Å². The van der Waals surface area contributed by atoms with Crippen LogP contribution in [0.4, 0.5) is 4.53 Å². The zero-order valence-electron chi connectivity index (χ0n) is 24.2. The second-order valence-corrected chi connectivity index (χ2v) is 9.64. The molecular formula is C34H37FN6O. The van der Waals surface area contributed by atoms with Crippen LogP contribution in [0.15, 0.2) is 116 Å². The van der Waals surface area contributed by atoms with Gasteiger partial charge in [-0.25, -0.2) is 0 Å². The van der Waals surface area contributed by atoms with Crippen molar-refractivity contribution in [3.05, 3.63) is 150 Å². The fraction of sp³-hybridized carbons (Fsp3) is 0.235. The van der Waals surface area contributed by atoms with Crippen LogP contribution in [0.2, 0.25) is 0 Å². The molecule has 5 aromatic rings. The quantitative estimate of drug-likeness (QED) is 0.153. The minimum absolute atomic E-state index is 0.179. The van der Waals surface area contributed by atoms with Crippen molar-refractivity contribution in [2.75, 3.05) is 0 Å². The Balaban J connectivity index is 0.00000198. The normalized spacial score (nSPS) is 10.8. The van der Waals surface area contributed by atoms with Crippen molar-refractivity contribution in [2.45, 2.75) is 53.1 Å². The van der Waals surface area contributed by atoms with Crippen LogP contribution in [0.1, 0.15) is 47.8 Å². The summed E-state index contributed by atoms with van der Waals surface area (Å²) in [6.07, 6.45) is 7.17. The van der Waals surface area contributed by atoms with Gasteiger partial charge in [-0.1, -0.05) is 44.2 Å². The highest BCUT2D eigenvalue weighted by Gasteiger charge is 2.15. The van der Waals surface area contributed by atoms with E-state index in [-0.39, 0.29) is 5.75 Å². The first-order valence-electron chi connectivity index (χ1n) is 14.2. The minimum atomic E-state index is 0.179. The van der Waals surface area contributed by atoms with Crippen LogP contribution in [0, 0.1) is 0 Å². The van der Waals surface area contributed by atoms with E-state index in [2.05, 4.69) is 40.7 Å². The van der Waals surface area contributed by atoms with Gasteiger partial charge in [-0.05, 0) is 71.8 Å². The number of halogens is 1. The average molecular weight is 565 g/mol. The molecule has 4 heterocycles. The Morgan fingerprint density at radius 3 is 1.10 bits per heavy atom. The number of hydrogen-bond acceptors (Lipinski definition) is 7. The molecule has 0 aliphatic rings. The number of rotatable bonds is 13. The first-order valence-corrected chi connectivity index (χ1v) is 14.2. The molecule has 7 nitrogen and oxygen atoms in total. The highest BCUT2D eigenvalue weighted by atomic mass is 19.3. The lowest BCUT2D eigenvalue weighted by Crippen LogP contribution is -2.25. The van der Waals surface area contributed by atoms with Gasteiger partial charge in [0.15, 0.2) is 5.75 Å². The maximum Gasteiger partial charge on any atom is 0.172 e. The second-order valence-electron chi connectivity index (χ2n) is 9.64. The number of pyridine rings is 4. The molecule has 0 unspecified atom stereocenters. The van der Waals surface area contributed by atoms with E-state index in [0.717, 1.165) is 33.9 Å². The standard InChI is InChI=1S/C32H31FN6O.C2H6/c33-40-32-18-26(20-38(22-28-9-1-5-13-34-28)23-29-10-2-6-14-35-29)17-27(19-32)21-39(24-30-11-3-7-15-36-30)25-31-12-4-8-16-37-31;1-2/h1-19H,20-25H2;1-2H3. The SMILES string of the molecule is CC.FOc1cc(CN(Cc2ccccn2)Cc2ccccn2)cc(CN(Cc2ccccn2)Cc2ccccn2)c1. The lowest BCUT2D eigenvalue weighted by molar-refractivity contribution is -0.00651. The average Bonchev–Trinajstić information content (AvgIpc) is 3.04. The van der Waals surface area contributed by atoms with Crippen LogP contribution in [0.5, 0.6) is 5.75 Å². The molecule has 0 spiro atoms. The maximum absolute atomic E-state index is 13.6. The molecule has 0 N–H and O–H groups in total. The molecule has 0 radical (unpaired) electrons. The maximum atomic E-state index is 13.6. The molecule has 0 fully saturated rings. The lowest BCUT2D eigenvalue weighted by atomic mass is 10.1. The molecule has 4 aromatic heterocycles. The molecule has 0 aliphatic carbocycles. The van der Waals surface area contributed by atoms with Crippen molar-refractivity contribution in [2.24, 2.45) is 0 Å². The van der Waals surface area contributed by atoms with Gasteiger partial charge in [0.1, 0.15) is 0 Å². The summed E-state index contributed by atoms with van der Waals surface area (Å²) < 4.78 is 13.6. The first kappa shape index (κ1) is 30.4. The van der Waals surface area contributed by atoms with Crippen molar-refractivity contribution in [3.8, 4) is 5.75 Å². The van der Waals surface area contributed by atoms with Crippen molar-refractivity contribution in [1.82, 2.24) is 29.7 Å².